The molecule has 1 amide bonds. The summed E-state index contributed by atoms with van der Waals surface area (Å²) in [6.07, 6.45) is 3.62. The third kappa shape index (κ3) is 5.97. The number of rotatable bonds is 6. The van der Waals surface area contributed by atoms with E-state index >= 15 is 0 Å². The molecule has 216 valence electrons. The van der Waals surface area contributed by atoms with E-state index in [0.717, 1.165) is 39.3 Å². The molecule has 1 atom stereocenters. The van der Waals surface area contributed by atoms with E-state index in [2.05, 4.69) is 38.2 Å². The third-order valence-electron chi connectivity index (χ3n) is 7.92. The smallest absolute Gasteiger partial charge is 0.339 e. The largest absolute Gasteiger partial charge is 0.452 e. The molecule has 0 radical (unpaired) electrons. The maximum atomic E-state index is 13.8. The number of pyridine rings is 1. The first-order valence-electron chi connectivity index (χ1n) is 13.8. The zero-order chi connectivity index (χ0) is 30.2. The van der Waals surface area contributed by atoms with Gasteiger partial charge in [-0.05, 0) is 89.9 Å². The van der Waals surface area contributed by atoms with Crippen molar-refractivity contribution in [2.75, 3.05) is 11.9 Å². The van der Waals surface area contributed by atoms with E-state index in [9.17, 15) is 19.7 Å². The maximum absolute atomic E-state index is 13.8. The Balaban J connectivity index is 1.50. The summed E-state index contributed by atoms with van der Waals surface area (Å²) < 4.78 is 5.59. The molecule has 1 N–H and O–H groups in total. The Hall–Kier alpha value is -4.37. The van der Waals surface area contributed by atoms with Crippen LogP contribution in [0.3, 0.4) is 0 Å². The van der Waals surface area contributed by atoms with Crippen LogP contribution in [0.5, 0.6) is 0 Å². The summed E-state index contributed by atoms with van der Waals surface area (Å²) in [6.45, 7) is 9.59. The average molecular weight is 584 g/mol. The van der Waals surface area contributed by atoms with E-state index in [-0.39, 0.29) is 22.7 Å². The van der Waals surface area contributed by atoms with Crippen molar-refractivity contribution in [3.63, 3.8) is 0 Å². The standard InChI is InChI=1S/C33H33N3O5S/c1-19-13-27(28(36(39)40)14-20(19)2)34-29(37)18-41-32(38)30-24-10-6-7-11-26(24)35-31-21(16-23-9-8-12-42-23)15-22(17-25(30)31)33(3,4)5/h6-14,16,22H,15,17-18H2,1-5H3,(H,34,37). The number of fused-ring (bicyclic) bond motifs is 2. The lowest BCUT2D eigenvalue weighted by molar-refractivity contribution is -0.384. The number of para-hydroxylation sites is 1. The number of esters is 1. The fourth-order valence-corrected chi connectivity index (χ4v) is 6.04. The molecule has 0 fully saturated rings. The first kappa shape index (κ1) is 29.1. The number of thiophene rings is 1. The minimum absolute atomic E-state index is 0.0280. The lowest BCUT2D eigenvalue weighted by Crippen LogP contribution is -2.29. The van der Waals surface area contributed by atoms with Crippen molar-refractivity contribution >= 4 is 57.1 Å². The number of aromatic nitrogens is 1. The van der Waals surface area contributed by atoms with Gasteiger partial charge in [-0.3, -0.25) is 14.9 Å². The lowest BCUT2D eigenvalue weighted by atomic mass is 9.69. The highest BCUT2D eigenvalue weighted by molar-refractivity contribution is 7.10. The van der Waals surface area contributed by atoms with Gasteiger partial charge in [0.2, 0.25) is 0 Å². The van der Waals surface area contributed by atoms with Crippen molar-refractivity contribution in [1.29, 1.82) is 0 Å². The van der Waals surface area contributed by atoms with Crippen molar-refractivity contribution in [2.45, 2.75) is 47.5 Å². The summed E-state index contributed by atoms with van der Waals surface area (Å²) in [5.41, 5.74) is 5.10. The molecular weight excluding hydrogens is 550 g/mol. The second-order valence-electron chi connectivity index (χ2n) is 11.8. The highest BCUT2D eigenvalue weighted by atomic mass is 32.1. The van der Waals surface area contributed by atoms with Gasteiger partial charge in [0, 0.05) is 16.3 Å². The van der Waals surface area contributed by atoms with Crippen LogP contribution in [0.1, 0.15) is 64.8 Å². The number of carbonyl (C=O) groups excluding carboxylic acids is 2. The maximum Gasteiger partial charge on any atom is 0.339 e. The molecule has 0 saturated heterocycles. The number of anilines is 1. The van der Waals surface area contributed by atoms with E-state index in [4.69, 9.17) is 9.72 Å². The highest BCUT2D eigenvalue weighted by Crippen LogP contribution is 2.45. The molecule has 8 nitrogen and oxygen atoms in total. The Morgan fingerprint density at radius 2 is 1.86 bits per heavy atom. The summed E-state index contributed by atoms with van der Waals surface area (Å²) in [5.74, 6) is -1.04. The summed E-state index contributed by atoms with van der Waals surface area (Å²) in [7, 11) is 0. The third-order valence-corrected chi connectivity index (χ3v) is 8.74. The van der Waals surface area contributed by atoms with E-state index < -0.39 is 23.4 Å². The summed E-state index contributed by atoms with van der Waals surface area (Å²) in [6, 6.07) is 14.5. The highest BCUT2D eigenvalue weighted by Gasteiger charge is 2.35. The van der Waals surface area contributed by atoms with Crippen LogP contribution in [0.2, 0.25) is 0 Å². The second kappa shape index (κ2) is 11.5. The molecule has 1 aliphatic carbocycles. The fourth-order valence-electron chi connectivity index (χ4n) is 5.36. The number of aryl methyl sites for hydroxylation is 2. The van der Waals surface area contributed by atoms with Crippen molar-refractivity contribution < 1.29 is 19.2 Å². The van der Waals surface area contributed by atoms with Gasteiger partial charge in [-0.1, -0.05) is 45.0 Å². The minimum Gasteiger partial charge on any atom is -0.452 e. The number of nitro groups is 1. The van der Waals surface area contributed by atoms with Crippen molar-refractivity contribution in [1.82, 2.24) is 4.98 Å². The Morgan fingerprint density at radius 3 is 2.55 bits per heavy atom. The van der Waals surface area contributed by atoms with E-state index in [1.54, 1.807) is 31.3 Å². The monoisotopic (exact) mass is 583 g/mol. The van der Waals surface area contributed by atoms with Crippen LogP contribution in [-0.4, -0.2) is 28.4 Å². The molecule has 0 saturated carbocycles. The van der Waals surface area contributed by atoms with Gasteiger partial charge in [-0.2, -0.15) is 0 Å². The number of carbonyl (C=O) groups is 2. The van der Waals surface area contributed by atoms with Crippen molar-refractivity contribution in [2.24, 2.45) is 11.3 Å². The van der Waals surface area contributed by atoms with Crippen LogP contribution in [0.15, 0.2) is 53.9 Å². The number of hydrogen-bond donors (Lipinski definition) is 1. The quantitative estimate of drug-likeness (QED) is 0.141. The van der Waals surface area contributed by atoms with E-state index in [0.29, 0.717) is 22.9 Å². The summed E-state index contributed by atoms with van der Waals surface area (Å²) in [4.78, 5) is 43.8. The molecule has 2 aromatic heterocycles. The van der Waals surface area contributed by atoms with Crippen LogP contribution in [0.25, 0.3) is 22.6 Å². The summed E-state index contributed by atoms with van der Waals surface area (Å²) in [5, 5.41) is 16.8. The van der Waals surface area contributed by atoms with Gasteiger partial charge in [0.05, 0.1) is 21.7 Å². The van der Waals surface area contributed by atoms with Gasteiger partial charge in [0.1, 0.15) is 5.69 Å². The van der Waals surface area contributed by atoms with Gasteiger partial charge < -0.3 is 10.1 Å². The molecule has 5 rings (SSSR count). The first-order chi connectivity index (χ1) is 19.9. The molecule has 9 heteroatoms. The minimum atomic E-state index is -0.659. The molecule has 42 heavy (non-hydrogen) atoms. The second-order valence-corrected chi connectivity index (χ2v) is 12.8. The Bertz CT molecular complexity index is 1730. The van der Waals surface area contributed by atoms with Crippen LogP contribution in [0.4, 0.5) is 11.4 Å². The SMILES string of the molecule is Cc1cc(NC(=O)COC(=O)c2c3c(nc4ccccc24)C(=Cc2cccs2)CC(C(C)(C)C)C3)c([N+](=O)[O-])cc1C. The fraction of sp³-hybridized carbons (Fsp3) is 0.303. The molecule has 1 aliphatic rings. The van der Waals surface area contributed by atoms with Crippen molar-refractivity contribution in [3.05, 3.63) is 96.9 Å². The molecular formula is C33H33N3O5S. The van der Waals surface area contributed by atoms with Gasteiger partial charge in [-0.25, -0.2) is 9.78 Å². The molecule has 4 aromatic rings. The number of nitro benzene ring substituents is 1. The van der Waals surface area contributed by atoms with Crippen LogP contribution < -0.4 is 5.32 Å². The number of amides is 1. The molecule has 1 unspecified atom stereocenters. The normalized spacial score (nSPS) is 15.8. The van der Waals surface area contributed by atoms with Gasteiger partial charge in [0.15, 0.2) is 6.61 Å². The summed E-state index contributed by atoms with van der Waals surface area (Å²) >= 11 is 1.65. The molecule has 2 aromatic carbocycles. The number of benzene rings is 2. The van der Waals surface area contributed by atoms with Gasteiger partial charge in [-0.15, -0.1) is 11.3 Å². The number of allylic oxidation sites excluding steroid dienone is 1. The molecule has 0 aliphatic heterocycles. The number of nitrogens with one attached hydrogen (secondary N) is 1. The number of nitrogens with zero attached hydrogens (tertiary/aromatic N) is 2. The number of ether oxygens (including phenoxy) is 1. The van der Waals surface area contributed by atoms with Gasteiger partial charge >= 0.3 is 5.97 Å². The Labute approximate surface area is 248 Å². The molecule has 2 heterocycles. The van der Waals surface area contributed by atoms with E-state index in [1.807, 2.05) is 35.7 Å². The predicted octanol–water partition coefficient (Wildman–Crippen LogP) is 7.77. The average Bonchev–Trinajstić information content (AvgIpc) is 3.45. The zero-order valence-electron chi connectivity index (χ0n) is 24.3. The molecule has 0 spiro atoms. The topological polar surface area (TPSA) is 111 Å². The van der Waals surface area contributed by atoms with Crippen LogP contribution in [-0.2, 0) is 16.0 Å². The van der Waals surface area contributed by atoms with Gasteiger partial charge in [0.25, 0.3) is 11.6 Å². The van der Waals surface area contributed by atoms with Crippen molar-refractivity contribution in [3.8, 4) is 0 Å². The molecule has 0 bridgehead atoms. The van der Waals surface area contributed by atoms with Crippen LogP contribution in [0, 0.1) is 35.3 Å². The van der Waals surface area contributed by atoms with Crippen LogP contribution >= 0.6 is 11.3 Å². The predicted molar refractivity (Wildman–Crippen MR) is 167 cm³/mol. The first-order valence-corrected chi connectivity index (χ1v) is 14.7. The lowest BCUT2D eigenvalue weighted by Gasteiger charge is -2.36. The Morgan fingerprint density at radius 1 is 1.12 bits per heavy atom. The number of hydrogen-bond acceptors (Lipinski definition) is 7. The van der Waals surface area contributed by atoms with E-state index in [1.165, 1.54) is 6.07 Å². The zero-order valence-corrected chi connectivity index (χ0v) is 25.1. The Kier molecular flexibility index (Phi) is 7.97.